The van der Waals surface area contributed by atoms with Gasteiger partial charge in [-0.1, -0.05) is 24.3 Å². The Labute approximate surface area is 159 Å². The minimum absolute atomic E-state index is 0.153. The lowest BCUT2D eigenvalue weighted by Crippen LogP contribution is -2.22. The fourth-order valence-corrected chi connectivity index (χ4v) is 2.38. The summed E-state index contributed by atoms with van der Waals surface area (Å²) in [6.45, 7) is 3.66. The van der Waals surface area contributed by atoms with E-state index in [-0.39, 0.29) is 18.8 Å². The predicted octanol–water partition coefficient (Wildman–Crippen LogP) is 3.84. The van der Waals surface area contributed by atoms with Crippen LogP contribution in [0.4, 0.5) is 11.4 Å². The van der Waals surface area contributed by atoms with Gasteiger partial charge in [0.1, 0.15) is 5.75 Å². The summed E-state index contributed by atoms with van der Waals surface area (Å²) in [5, 5.41) is 0. The van der Waals surface area contributed by atoms with Crippen molar-refractivity contribution in [2.24, 2.45) is 0 Å². The standard InChI is InChI=1S/C21H23NO5/c1-4-26-20(23)19(21(24)27-5-2)15-22(16-10-7-6-8-11-16)17-12-9-13-18(14-17)25-3/h6-15H,4-5H2,1-3H3. The number of ether oxygens (including phenoxy) is 3. The number of rotatable bonds is 8. The molecule has 2 rings (SSSR count). The van der Waals surface area contributed by atoms with Crippen LogP contribution in [0.25, 0.3) is 0 Å². The number of nitrogens with zero attached hydrogens (tertiary/aromatic N) is 1. The van der Waals surface area contributed by atoms with Gasteiger partial charge in [-0.25, -0.2) is 9.59 Å². The smallest absolute Gasteiger partial charge is 0.347 e. The number of carbonyl (C=O) groups is 2. The van der Waals surface area contributed by atoms with Crippen LogP contribution in [0.3, 0.4) is 0 Å². The number of esters is 2. The van der Waals surface area contributed by atoms with Gasteiger partial charge in [0, 0.05) is 23.6 Å². The molecular formula is C21H23NO5. The molecule has 0 fully saturated rings. The number of methoxy groups -OCH3 is 1. The van der Waals surface area contributed by atoms with Crippen LogP contribution in [0.5, 0.6) is 5.75 Å². The van der Waals surface area contributed by atoms with Crippen molar-refractivity contribution in [1.82, 2.24) is 0 Å². The minimum Gasteiger partial charge on any atom is -0.497 e. The third-order valence-electron chi connectivity index (χ3n) is 3.61. The van der Waals surface area contributed by atoms with Gasteiger partial charge in [-0.15, -0.1) is 0 Å². The lowest BCUT2D eigenvalue weighted by atomic mass is 10.2. The van der Waals surface area contributed by atoms with Gasteiger partial charge >= 0.3 is 11.9 Å². The molecule has 142 valence electrons. The lowest BCUT2D eigenvalue weighted by Gasteiger charge is -2.22. The molecule has 0 heterocycles. The molecule has 27 heavy (non-hydrogen) atoms. The van der Waals surface area contributed by atoms with Crippen molar-refractivity contribution in [3.05, 3.63) is 66.4 Å². The van der Waals surface area contributed by atoms with Crippen LogP contribution in [0.2, 0.25) is 0 Å². The number of hydrogen-bond acceptors (Lipinski definition) is 6. The van der Waals surface area contributed by atoms with E-state index >= 15 is 0 Å². The van der Waals surface area contributed by atoms with E-state index in [0.717, 1.165) is 5.69 Å². The summed E-state index contributed by atoms with van der Waals surface area (Å²) in [5.41, 5.74) is 1.29. The average molecular weight is 369 g/mol. The molecule has 2 aromatic carbocycles. The molecule has 0 aliphatic carbocycles. The van der Waals surface area contributed by atoms with E-state index in [1.54, 1.807) is 31.9 Å². The predicted molar refractivity (Wildman–Crippen MR) is 103 cm³/mol. The van der Waals surface area contributed by atoms with Crippen molar-refractivity contribution in [3.63, 3.8) is 0 Å². The third-order valence-corrected chi connectivity index (χ3v) is 3.61. The topological polar surface area (TPSA) is 65.1 Å². The van der Waals surface area contributed by atoms with Crippen LogP contribution in [0.15, 0.2) is 66.4 Å². The molecule has 0 N–H and O–H groups in total. The quantitative estimate of drug-likeness (QED) is 0.305. The summed E-state index contributed by atoms with van der Waals surface area (Å²) >= 11 is 0. The van der Waals surface area contributed by atoms with Gasteiger partial charge in [-0.05, 0) is 38.1 Å². The summed E-state index contributed by atoms with van der Waals surface area (Å²) in [7, 11) is 1.57. The maximum Gasteiger partial charge on any atom is 0.347 e. The monoisotopic (exact) mass is 369 g/mol. The Balaban J connectivity index is 2.57. The SMILES string of the molecule is CCOC(=O)C(=CN(c1ccccc1)c1cccc(OC)c1)C(=O)OCC. The Morgan fingerprint density at radius 1 is 0.889 bits per heavy atom. The van der Waals surface area contributed by atoms with Crippen molar-refractivity contribution >= 4 is 23.3 Å². The first-order valence-electron chi connectivity index (χ1n) is 8.65. The fraction of sp³-hybridized carbons (Fsp3) is 0.238. The van der Waals surface area contributed by atoms with Gasteiger partial charge in [-0.3, -0.25) is 0 Å². The van der Waals surface area contributed by atoms with E-state index in [9.17, 15) is 9.59 Å². The van der Waals surface area contributed by atoms with Gasteiger partial charge in [-0.2, -0.15) is 0 Å². The second-order valence-corrected chi connectivity index (χ2v) is 5.39. The van der Waals surface area contributed by atoms with Crippen LogP contribution in [-0.2, 0) is 19.1 Å². The van der Waals surface area contributed by atoms with Gasteiger partial charge in [0.15, 0.2) is 5.57 Å². The first kappa shape index (κ1) is 20.0. The lowest BCUT2D eigenvalue weighted by molar-refractivity contribution is -0.146. The molecule has 0 aliphatic heterocycles. The highest BCUT2D eigenvalue weighted by Crippen LogP contribution is 2.29. The van der Waals surface area contributed by atoms with Crippen molar-refractivity contribution in [3.8, 4) is 5.75 Å². The van der Waals surface area contributed by atoms with E-state index < -0.39 is 11.9 Å². The number of anilines is 2. The Bertz CT molecular complexity index is 781. The Morgan fingerprint density at radius 3 is 2.04 bits per heavy atom. The molecule has 6 heteroatoms. The van der Waals surface area contributed by atoms with Crippen molar-refractivity contribution < 1.29 is 23.8 Å². The molecule has 0 aliphatic rings. The van der Waals surface area contributed by atoms with Gasteiger partial charge in [0.25, 0.3) is 0 Å². The van der Waals surface area contributed by atoms with Crippen molar-refractivity contribution in [2.45, 2.75) is 13.8 Å². The molecule has 0 aromatic heterocycles. The van der Waals surface area contributed by atoms with Crippen molar-refractivity contribution in [2.75, 3.05) is 25.2 Å². The van der Waals surface area contributed by atoms with Crippen LogP contribution in [0, 0.1) is 0 Å². The zero-order valence-electron chi connectivity index (χ0n) is 15.7. The molecule has 2 aromatic rings. The molecule has 0 radical (unpaired) electrons. The van der Waals surface area contributed by atoms with Crippen LogP contribution in [0.1, 0.15) is 13.8 Å². The van der Waals surface area contributed by atoms with E-state index in [2.05, 4.69) is 0 Å². The molecular weight excluding hydrogens is 346 g/mol. The van der Waals surface area contributed by atoms with E-state index in [1.165, 1.54) is 6.20 Å². The summed E-state index contributed by atoms with van der Waals surface area (Å²) in [6.07, 6.45) is 1.43. The third kappa shape index (κ3) is 5.34. The van der Waals surface area contributed by atoms with Crippen LogP contribution >= 0.6 is 0 Å². The summed E-state index contributed by atoms with van der Waals surface area (Å²) in [4.78, 5) is 26.4. The van der Waals surface area contributed by atoms with E-state index in [0.29, 0.717) is 11.4 Å². The Morgan fingerprint density at radius 2 is 1.48 bits per heavy atom. The van der Waals surface area contributed by atoms with Gasteiger partial charge < -0.3 is 19.1 Å². The van der Waals surface area contributed by atoms with E-state index in [4.69, 9.17) is 14.2 Å². The van der Waals surface area contributed by atoms with E-state index in [1.807, 2.05) is 48.5 Å². The van der Waals surface area contributed by atoms with Gasteiger partial charge in [0.05, 0.1) is 20.3 Å². The average Bonchev–Trinajstić information content (AvgIpc) is 2.69. The number of hydrogen-bond donors (Lipinski definition) is 0. The van der Waals surface area contributed by atoms with Crippen LogP contribution in [-0.4, -0.2) is 32.3 Å². The first-order valence-corrected chi connectivity index (χ1v) is 8.65. The second-order valence-electron chi connectivity index (χ2n) is 5.39. The molecule has 0 spiro atoms. The number of benzene rings is 2. The molecule has 0 bridgehead atoms. The highest BCUT2D eigenvalue weighted by molar-refractivity contribution is 6.14. The fourth-order valence-electron chi connectivity index (χ4n) is 2.38. The summed E-state index contributed by atoms with van der Waals surface area (Å²) < 4.78 is 15.3. The normalized spacial score (nSPS) is 9.89. The van der Waals surface area contributed by atoms with Crippen LogP contribution < -0.4 is 9.64 Å². The highest BCUT2D eigenvalue weighted by Gasteiger charge is 2.23. The number of carbonyl (C=O) groups excluding carboxylic acids is 2. The Hall–Kier alpha value is -3.28. The zero-order chi connectivity index (χ0) is 19.6. The van der Waals surface area contributed by atoms with Gasteiger partial charge in [0.2, 0.25) is 0 Å². The zero-order valence-corrected chi connectivity index (χ0v) is 15.7. The summed E-state index contributed by atoms with van der Waals surface area (Å²) in [6, 6.07) is 16.6. The molecule has 0 atom stereocenters. The molecule has 0 unspecified atom stereocenters. The minimum atomic E-state index is -0.736. The maximum absolute atomic E-state index is 12.3. The summed E-state index contributed by atoms with van der Waals surface area (Å²) in [5.74, 6) is -0.824. The first-order chi connectivity index (χ1) is 13.1. The second kappa shape index (κ2) is 10.0. The molecule has 0 amide bonds. The largest absolute Gasteiger partial charge is 0.497 e. The number of para-hydroxylation sites is 1. The molecule has 6 nitrogen and oxygen atoms in total. The molecule has 0 saturated heterocycles. The maximum atomic E-state index is 12.3. The Kier molecular flexibility index (Phi) is 7.43. The highest BCUT2D eigenvalue weighted by atomic mass is 16.6. The molecule has 0 saturated carbocycles. The van der Waals surface area contributed by atoms with Crippen molar-refractivity contribution in [1.29, 1.82) is 0 Å².